The molecule has 6 rings (SSSR count). The van der Waals surface area contributed by atoms with Gasteiger partial charge in [0.15, 0.2) is 11.6 Å². The Morgan fingerprint density at radius 1 is 0.647 bits per heavy atom. The predicted molar refractivity (Wildman–Crippen MR) is 138 cm³/mol. The summed E-state index contributed by atoms with van der Waals surface area (Å²) in [5.74, 6) is 1.01. The van der Waals surface area contributed by atoms with Crippen molar-refractivity contribution in [2.45, 2.75) is 9.79 Å². The highest BCUT2D eigenvalue weighted by Crippen LogP contribution is 2.34. The topological polar surface area (TPSA) is 95.0 Å². The average Bonchev–Trinajstić information content (AvgIpc) is 3.44. The van der Waals surface area contributed by atoms with Gasteiger partial charge in [0.25, 0.3) is 0 Å². The van der Waals surface area contributed by atoms with E-state index in [1.165, 1.54) is 6.33 Å². The number of nitrogens with zero attached hydrogens (tertiary/aromatic N) is 5. The van der Waals surface area contributed by atoms with E-state index in [1.807, 2.05) is 60.9 Å². The highest BCUT2D eigenvalue weighted by atomic mass is 32.1. The zero-order valence-corrected chi connectivity index (χ0v) is 19.4. The van der Waals surface area contributed by atoms with Crippen LogP contribution >= 0.6 is 25.3 Å². The van der Waals surface area contributed by atoms with Gasteiger partial charge in [0.1, 0.15) is 6.33 Å². The minimum absolute atomic E-state index is 0.505. The summed E-state index contributed by atoms with van der Waals surface area (Å²) >= 11 is 9.07. The van der Waals surface area contributed by atoms with E-state index in [4.69, 9.17) is 9.98 Å². The van der Waals surface area contributed by atoms with Gasteiger partial charge >= 0.3 is 0 Å². The van der Waals surface area contributed by atoms with E-state index in [0.29, 0.717) is 11.6 Å². The van der Waals surface area contributed by atoms with Crippen molar-refractivity contribution in [2.24, 2.45) is 9.98 Å². The lowest BCUT2D eigenvalue weighted by atomic mass is 10.2. The first-order valence-corrected chi connectivity index (χ1v) is 11.4. The molecule has 2 aromatic carbocycles. The molecule has 2 aliphatic heterocycles. The Labute approximate surface area is 204 Å². The molecule has 7 nitrogen and oxygen atoms in total. The van der Waals surface area contributed by atoms with Crippen molar-refractivity contribution < 1.29 is 0 Å². The summed E-state index contributed by atoms with van der Waals surface area (Å²) in [6.07, 6.45) is 8.65. The minimum Gasteiger partial charge on any atom is -0.358 e. The largest absolute Gasteiger partial charge is 0.358 e. The van der Waals surface area contributed by atoms with Crippen molar-refractivity contribution in [1.82, 2.24) is 24.9 Å². The summed E-state index contributed by atoms with van der Waals surface area (Å²) in [6, 6.07) is 15.7. The van der Waals surface area contributed by atoms with E-state index in [0.717, 1.165) is 53.4 Å². The van der Waals surface area contributed by atoms with Crippen molar-refractivity contribution in [3.63, 3.8) is 0 Å². The molecule has 0 aliphatic carbocycles. The molecule has 0 bridgehead atoms. The maximum Gasteiger partial charge on any atom is 0.163 e. The molecule has 0 amide bonds. The minimum atomic E-state index is 0.505. The van der Waals surface area contributed by atoms with Crippen LogP contribution in [-0.4, -0.2) is 24.9 Å². The Hall–Kier alpha value is -3.95. The summed E-state index contributed by atoms with van der Waals surface area (Å²) in [7, 11) is 0. The standard InChI is InChI=1S/C25H17N7S2/c33-20-11-27-22-14(20)5-1-3-7-18(22)31-24-16-9-26-10-17(16)25(30-13-29-24)32-19-8-4-2-6-15-21(34)12-28-23(15)19/h1-13,27-28,33-34H/b31-18+,32-19?. The lowest BCUT2D eigenvalue weighted by Crippen LogP contribution is -1.99. The van der Waals surface area contributed by atoms with Crippen molar-refractivity contribution in [3.05, 3.63) is 90.4 Å². The van der Waals surface area contributed by atoms with Gasteiger partial charge in [-0.25, -0.2) is 20.0 Å². The molecule has 0 unspecified atom stereocenters. The van der Waals surface area contributed by atoms with Crippen LogP contribution in [0.4, 0.5) is 11.6 Å². The fourth-order valence-electron chi connectivity index (χ4n) is 3.92. The van der Waals surface area contributed by atoms with Gasteiger partial charge in [0.2, 0.25) is 0 Å². The molecule has 34 heavy (non-hydrogen) atoms. The number of aromatic nitrogens is 5. The third-order valence-electron chi connectivity index (χ3n) is 5.56. The lowest BCUT2D eigenvalue weighted by molar-refractivity contribution is 1.16. The Kier molecular flexibility index (Phi) is 5.12. The summed E-state index contributed by atoms with van der Waals surface area (Å²) in [5.41, 5.74) is 3.27. The number of hydrogen-bond donors (Lipinski definition) is 4. The van der Waals surface area contributed by atoms with Crippen LogP contribution < -0.4 is 10.7 Å². The van der Waals surface area contributed by atoms with Crippen LogP contribution in [0.25, 0.3) is 32.9 Å². The predicted octanol–water partition coefficient (Wildman–Crippen LogP) is 4.98. The molecule has 0 fully saturated rings. The van der Waals surface area contributed by atoms with Gasteiger partial charge in [0, 0.05) is 45.4 Å². The van der Waals surface area contributed by atoms with Crippen molar-refractivity contribution >= 4 is 58.7 Å². The first-order valence-electron chi connectivity index (χ1n) is 10.5. The SMILES string of the molecule is Sc1c[nH]c2c(=Nc3ncnc(/N=c4\ccccc5c(S)c[nH]c45)c4cncc3-4)ccccc12. The average molecular weight is 480 g/mol. The van der Waals surface area contributed by atoms with Gasteiger partial charge in [-0.3, -0.25) is 4.98 Å². The van der Waals surface area contributed by atoms with E-state index in [2.05, 4.69) is 50.2 Å². The third kappa shape index (κ3) is 3.55. The molecule has 0 atom stereocenters. The van der Waals surface area contributed by atoms with E-state index in [1.54, 1.807) is 12.4 Å². The zero-order chi connectivity index (χ0) is 23.1. The summed E-state index contributed by atoms with van der Waals surface area (Å²) in [5, 5.41) is 3.44. The van der Waals surface area contributed by atoms with E-state index >= 15 is 0 Å². The monoisotopic (exact) mass is 479 g/mol. The molecule has 4 heterocycles. The highest BCUT2D eigenvalue weighted by Gasteiger charge is 2.15. The van der Waals surface area contributed by atoms with Crippen LogP contribution in [0.3, 0.4) is 0 Å². The quantitative estimate of drug-likeness (QED) is 0.264. The van der Waals surface area contributed by atoms with Crippen molar-refractivity contribution in [3.8, 4) is 11.1 Å². The van der Waals surface area contributed by atoms with Gasteiger partial charge in [-0.2, -0.15) is 0 Å². The van der Waals surface area contributed by atoms with Crippen LogP contribution in [0, 0.1) is 0 Å². The first kappa shape index (κ1) is 20.6. The smallest absolute Gasteiger partial charge is 0.163 e. The fourth-order valence-corrected chi connectivity index (χ4v) is 4.43. The van der Waals surface area contributed by atoms with Crippen LogP contribution in [0.1, 0.15) is 0 Å². The Morgan fingerprint density at radius 2 is 1.12 bits per heavy atom. The normalized spacial score (nSPS) is 12.8. The first-order chi connectivity index (χ1) is 16.7. The van der Waals surface area contributed by atoms with Crippen molar-refractivity contribution in [2.75, 3.05) is 0 Å². The molecule has 4 aromatic rings. The Bertz CT molecular complexity index is 1670. The van der Waals surface area contributed by atoms with E-state index in [-0.39, 0.29) is 0 Å². The Morgan fingerprint density at radius 3 is 1.62 bits per heavy atom. The summed E-state index contributed by atoms with van der Waals surface area (Å²) in [4.78, 5) is 31.3. The number of thiol groups is 2. The molecule has 9 heteroatoms. The summed E-state index contributed by atoms with van der Waals surface area (Å²) in [6.45, 7) is 0. The number of aromatic amines is 2. The van der Waals surface area contributed by atoms with Gasteiger partial charge in [-0.1, -0.05) is 36.4 Å². The molecule has 0 saturated carbocycles. The third-order valence-corrected chi connectivity index (χ3v) is 6.30. The van der Waals surface area contributed by atoms with E-state index < -0.39 is 0 Å². The van der Waals surface area contributed by atoms with Crippen LogP contribution in [0.5, 0.6) is 0 Å². The van der Waals surface area contributed by atoms with Crippen molar-refractivity contribution in [1.29, 1.82) is 0 Å². The Balaban J connectivity index is 1.57. The second-order valence-electron chi connectivity index (χ2n) is 7.61. The number of hydrogen-bond acceptors (Lipinski definition) is 7. The maximum atomic E-state index is 4.86. The molecule has 0 saturated heterocycles. The number of rotatable bonds is 2. The summed E-state index contributed by atoms with van der Waals surface area (Å²) < 4.78 is 0. The zero-order valence-electron chi connectivity index (χ0n) is 17.6. The molecule has 0 radical (unpaired) electrons. The number of fused-ring (bicyclic) bond motifs is 3. The molecule has 0 spiro atoms. The number of H-pyrrole nitrogens is 2. The van der Waals surface area contributed by atoms with Crippen LogP contribution in [0.2, 0.25) is 0 Å². The van der Waals surface area contributed by atoms with Crippen LogP contribution in [-0.2, 0) is 0 Å². The van der Waals surface area contributed by atoms with E-state index in [9.17, 15) is 0 Å². The fraction of sp³-hybridized carbons (Fsp3) is 0. The number of nitrogens with one attached hydrogen (secondary N) is 2. The second-order valence-corrected chi connectivity index (χ2v) is 8.57. The van der Waals surface area contributed by atoms with Gasteiger partial charge in [-0.05, 0) is 12.1 Å². The maximum absolute atomic E-state index is 4.86. The van der Waals surface area contributed by atoms with Gasteiger partial charge in [0.05, 0.1) is 32.9 Å². The molecule has 2 aromatic heterocycles. The molecule has 164 valence electrons. The molecule has 2 N–H and O–H groups in total. The molecular formula is C25H17N7S2. The molecule has 2 aliphatic rings. The van der Waals surface area contributed by atoms with Gasteiger partial charge in [-0.15, -0.1) is 25.3 Å². The lowest BCUT2D eigenvalue weighted by Gasteiger charge is -1.97. The second kappa shape index (κ2) is 8.44. The van der Waals surface area contributed by atoms with Gasteiger partial charge < -0.3 is 9.97 Å². The van der Waals surface area contributed by atoms with Crippen LogP contribution in [0.15, 0.2) is 99.4 Å². The molecular weight excluding hydrogens is 462 g/mol. The highest BCUT2D eigenvalue weighted by molar-refractivity contribution is 7.80.